The third-order valence-electron chi connectivity index (χ3n) is 7.56. The molecule has 0 saturated carbocycles. The molecular weight excluding hydrogens is 610 g/mol. The number of benzene rings is 2. The van der Waals surface area contributed by atoms with Crippen molar-refractivity contribution in [3.8, 4) is 11.5 Å². The quantitative estimate of drug-likeness (QED) is 0.125. The second-order valence-corrected chi connectivity index (χ2v) is 11.6. The number of alkyl carbamates (subject to hydrolysis) is 2. The van der Waals surface area contributed by atoms with E-state index >= 15 is 0 Å². The summed E-state index contributed by atoms with van der Waals surface area (Å²) in [4.78, 5) is 51.3. The second-order valence-electron chi connectivity index (χ2n) is 11.6. The number of hydrogen-bond acceptors (Lipinski definition) is 10. The molecule has 0 aromatic heterocycles. The van der Waals surface area contributed by atoms with Crippen LogP contribution in [0.25, 0.3) is 0 Å². The number of aryl methyl sites for hydroxylation is 1. The SMILES string of the molecule is COC(=O)N[C@H](C(=O)NN(Cc1ccc(OC)c(OC)c1)C[C@H](CCc1ccccc1)NC(=O)[C@@](O)(NC(=O)OC)C(C)C)C(C)C. The lowest BCUT2D eigenvalue weighted by Crippen LogP contribution is -2.64. The summed E-state index contributed by atoms with van der Waals surface area (Å²) in [6.07, 6.45) is -0.789. The first kappa shape index (κ1) is 38.6. The summed E-state index contributed by atoms with van der Waals surface area (Å²) in [5.74, 6) is -1.38. The van der Waals surface area contributed by atoms with Crippen LogP contribution in [0.3, 0.4) is 0 Å². The Morgan fingerprint density at radius 3 is 2.02 bits per heavy atom. The summed E-state index contributed by atoms with van der Waals surface area (Å²) in [6, 6.07) is 13.3. The van der Waals surface area contributed by atoms with Gasteiger partial charge in [0, 0.05) is 25.0 Å². The molecule has 2 rings (SSSR count). The van der Waals surface area contributed by atoms with Gasteiger partial charge in [-0.2, -0.15) is 0 Å². The Balaban J connectivity index is 2.49. The van der Waals surface area contributed by atoms with Crippen molar-refractivity contribution >= 4 is 24.0 Å². The van der Waals surface area contributed by atoms with Crippen LogP contribution in [-0.2, 0) is 32.0 Å². The summed E-state index contributed by atoms with van der Waals surface area (Å²) < 4.78 is 20.2. The maximum absolute atomic E-state index is 13.6. The smallest absolute Gasteiger partial charge is 0.409 e. The fraction of sp³-hybridized carbons (Fsp3) is 0.515. The molecular formula is C33H49N5O9. The van der Waals surface area contributed by atoms with Gasteiger partial charge in [0.1, 0.15) is 6.04 Å². The van der Waals surface area contributed by atoms with E-state index in [0.717, 1.165) is 18.2 Å². The molecule has 0 unspecified atom stereocenters. The predicted octanol–water partition coefficient (Wildman–Crippen LogP) is 2.74. The number of methoxy groups -OCH3 is 4. The molecule has 14 heteroatoms. The van der Waals surface area contributed by atoms with Gasteiger partial charge < -0.3 is 34.7 Å². The van der Waals surface area contributed by atoms with Crippen LogP contribution in [0.15, 0.2) is 48.5 Å². The maximum Gasteiger partial charge on any atom is 0.409 e. The van der Waals surface area contributed by atoms with Crippen molar-refractivity contribution in [2.75, 3.05) is 35.0 Å². The number of nitrogens with zero attached hydrogens (tertiary/aromatic N) is 1. The number of nitrogens with one attached hydrogen (secondary N) is 4. The van der Waals surface area contributed by atoms with Gasteiger partial charge in [-0.1, -0.05) is 64.1 Å². The van der Waals surface area contributed by atoms with Crippen molar-refractivity contribution in [3.05, 3.63) is 59.7 Å². The van der Waals surface area contributed by atoms with E-state index in [-0.39, 0.29) is 19.0 Å². The number of carbonyl (C=O) groups is 4. The molecule has 0 bridgehead atoms. The normalized spacial score (nSPS) is 13.6. The van der Waals surface area contributed by atoms with Crippen molar-refractivity contribution in [1.82, 2.24) is 26.4 Å². The number of amides is 4. The molecule has 0 aliphatic rings. The fourth-order valence-electron chi connectivity index (χ4n) is 4.72. The molecule has 0 spiro atoms. The predicted molar refractivity (Wildman–Crippen MR) is 174 cm³/mol. The molecule has 0 aliphatic carbocycles. The lowest BCUT2D eigenvalue weighted by Gasteiger charge is -2.35. The van der Waals surface area contributed by atoms with Gasteiger partial charge in [-0.15, -0.1) is 0 Å². The van der Waals surface area contributed by atoms with Crippen LogP contribution in [0, 0.1) is 11.8 Å². The molecule has 2 aromatic rings. The molecule has 0 aliphatic heterocycles. The Morgan fingerprint density at radius 1 is 0.830 bits per heavy atom. The number of aliphatic hydroxyl groups is 1. The molecule has 47 heavy (non-hydrogen) atoms. The van der Waals surface area contributed by atoms with Crippen LogP contribution in [0.2, 0.25) is 0 Å². The van der Waals surface area contributed by atoms with E-state index in [0.29, 0.717) is 24.3 Å². The van der Waals surface area contributed by atoms with Gasteiger partial charge >= 0.3 is 12.2 Å². The van der Waals surface area contributed by atoms with E-state index in [2.05, 4.69) is 26.1 Å². The summed E-state index contributed by atoms with van der Waals surface area (Å²) in [5.41, 5.74) is 2.36. The van der Waals surface area contributed by atoms with E-state index in [4.69, 9.17) is 14.2 Å². The first-order valence-corrected chi connectivity index (χ1v) is 15.3. The highest BCUT2D eigenvalue weighted by Crippen LogP contribution is 2.28. The molecule has 0 fully saturated rings. The van der Waals surface area contributed by atoms with Gasteiger partial charge in [0.15, 0.2) is 11.5 Å². The highest BCUT2D eigenvalue weighted by Gasteiger charge is 2.42. The molecule has 3 atom stereocenters. The van der Waals surface area contributed by atoms with Crippen molar-refractivity contribution in [3.63, 3.8) is 0 Å². The highest BCUT2D eigenvalue weighted by molar-refractivity contribution is 5.88. The van der Waals surface area contributed by atoms with Gasteiger partial charge in [-0.3, -0.25) is 20.3 Å². The Kier molecular flexibility index (Phi) is 15.2. The first-order valence-electron chi connectivity index (χ1n) is 15.3. The van der Waals surface area contributed by atoms with Crippen molar-refractivity contribution in [1.29, 1.82) is 0 Å². The molecule has 0 heterocycles. The van der Waals surface area contributed by atoms with E-state index in [9.17, 15) is 24.3 Å². The van der Waals surface area contributed by atoms with Crippen LogP contribution in [-0.4, -0.2) is 86.9 Å². The minimum Gasteiger partial charge on any atom is -0.493 e. The fourth-order valence-corrected chi connectivity index (χ4v) is 4.72. The van der Waals surface area contributed by atoms with E-state index in [1.165, 1.54) is 21.3 Å². The summed E-state index contributed by atoms with van der Waals surface area (Å²) in [5, 5.41) is 20.6. The number of carbonyl (C=O) groups excluding carboxylic acids is 4. The zero-order chi connectivity index (χ0) is 35.1. The maximum atomic E-state index is 13.6. The lowest BCUT2D eigenvalue weighted by atomic mass is 9.97. The summed E-state index contributed by atoms with van der Waals surface area (Å²) >= 11 is 0. The largest absolute Gasteiger partial charge is 0.493 e. The molecule has 0 saturated heterocycles. The van der Waals surface area contributed by atoms with E-state index < -0.39 is 47.7 Å². The average molecular weight is 660 g/mol. The zero-order valence-corrected chi connectivity index (χ0v) is 28.4. The van der Waals surface area contributed by atoms with Crippen molar-refractivity contribution in [2.45, 2.75) is 64.9 Å². The summed E-state index contributed by atoms with van der Waals surface area (Å²) in [6.45, 7) is 6.94. The molecule has 0 radical (unpaired) electrons. The van der Waals surface area contributed by atoms with Crippen LogP contribution >= 0.6 is 0 Å². The Labute approximate surface area is 276 Å². The average Bonchev–Trinajstić information content (AvgIpc) is 3.05. The monoisotopic (exact) mass is 659 g/mol. The number of ether oxygens (including phenoxy) is 4. The third-order valence-corrected chi connectivity index (χ3v) is 7.56. The molecule has 14 nitrogen and oxygen atoms in total. The number of hydrazine groups is 1. The van der Waals surface area contributed by atoms with E-state index in [1.807, 2.05) is 36.4 Å². The van der Waals surface area contributed by atoms with Crippen molar-refractivity contribution in [2.24, 2.45) is 11.8 Å². The van der Waals surface area contributed by atoms with Crippen LogP contribution in [0.1, 0.15) is 45.2 Å². The number of rotatable bonds is 17. The van der Waals surface area contributed by atoms with Gasteiger partial charge in [0.05, 0.1) is 28.4 Å². The topological polar surface area (TPSA) is 177 Å². The van der Waals surface area contributed by atoms with Crippen molar-refractivity contribution < 1.29 is 43.2 Å². The van der Waals surface area contributed by atoms with Gasteiger partial charge in [-0.25, -0.2) is 14.6 Å². The molecule has 5 N–H and O–H groups in total. The highest BCUT2D eigenvalue weighted by atomic mass is 16.5. The van der Waals surface area contributed by atoms with Crippen LogP contribution in [0.5, 0.6) is 11.5 Å². The lowest BCUT2D eigenvalue weighted by molar-refractivity contribution is -0.149. The van der Waals surface area contributed by atoms with Crippen LogP contribution < -0.4 is 30.8 Å². The van der Waals surface area contributed by atoms with Gasteiger partial charge in [0.2, 0.25) is 5.72 Å². The van der Waals surface area contributed by atoms with E-state index in [1.54, 1.807) is 44.8 Å². The zero-order valence-electron chi connectivity index (χ0n) is 28.4. The standard InChI is InChI=1S/C33H49N5O9/c1-21(2)28(35-31(41)46-7)29(39)37-38(19-24-15-17-26(44-5)27(18-24)45-6)20-25(16-14-23-12-10-9-11-13-23)34-30(40)33(43,22(3)4)36-32(42)47-8/h9-13,15,17-18,21-22,25,28,43H,14,16,19-20H2,1-8H3,(H,34,40)(H,35,41)(H,36,42)(H,37,39)/t25-,28-,33+/m0/s1. The molecule has 2 aromatic carbocycles. The van der Waals surface area contributed by atoms with Crippen LogP contribution in [0.4, 0.5) is 9.59 Å². The molecule has 260 valence electrons. The summed E-state index contributed by atoms with van der Waals surface area (Å²) in [7, 11) is 5.38. The van der Waals surface area contributed by atoms with Gasteiger partial charge in [-0.05, 0) is 42.0 Å². The molecule has 4 amide bonds. The first-order chi connectivity index (χ1) is 22.3. The number of hydrogen-bond donors (Lipinski definition) is 5. The second kappa shape index (κ2) is 18.6. The Hall–Kier alpha value is -4.56. The minimum atomic E-state index is -2.29. The Morgan fingerprint density at radius 2 is 1.47 bits per heavy atom. The van der Waals surface area contributed by atoms with Gasteiger partial charge in [0.25, 0.3) is 11.8 Å². The Bertz CT molecular complexity index is 1320. The minimum absolute atomic E-state index is 0.0636. The third kappa shape index (κ3) is 11.6.